The van der Waals surface area contributed by atoms with Gasteiger partial charge in [0.1, 0.15) is 0 Å². The van der Waals surface area contributed by atoms with Crippen LogP contribution in [0.25, 0.3) is 0 Å². The van der Waals surface area contributed by atoms with Crippen molar-refractivity contribution < 1.29 is 18.9 Å². The molecule has 0 fully saturated rings. The van der Waals surface area contributed by atoms with Gasteiger partial charge < -0.3 is 18.9 Å². The molecule has 0 saturated heterocycles. The van der Waals surface area contributed by atoms with Gasteiger partial charge in [0.05, 0.1) is 14.2 Å². The molecule has 0 bridgehead atoms. The molecule has 4 nitrogen and oxygen atoms in total. The molecule has 1 rings (SSSR count). The van der Waals surface area contributed by atoms with Crippen molar-refractivity contribution in [1.82, 2.24) is 0 Å². The predicted octanol–water partition coefficient (Wildman–Crippen LogP) is 1.61. The van der Waals surface area contributed by atoms with Gasteiger partial charge in [0.15, 0.2) is 11.5 Å². The van der Waals surface area contributed by atoms with Crippen LogP contribution in [0, 0.1) is 0 Å². The van der Waals surface area contributed by atoms with Gasteiger partial charge >= 0.3 is 0 Å². The van der Waals surface area contributed by atoms with Crippen LogP contribution in [-0.2, 0) is 18.9 Å². The predicted molar refractivity (Wildman–Crippen MR) is 56.1 cm³/mol. The van der Waals surface area contributed by atoms with Crippen LogP contribution < -0.4 is 0 Å². The van der Waals surface area contributed by atoms with Crippen molar-refractivity contribution in [2.24, 2.45) is 0 Å². The molecule has 0 saturated carbocycles. The second-order valence-electron chi connectivity index (χ2n) is 3.03. The quantitative estimate of drug-likeness (QED) is 0.663. The molecule has 0 aromatic rings. The van der Waals surface area contributed by atoms with Crippen LogP contribution >= 0.6 is 0 Å². The molecule has 0 amide bonds. The summed E-state index contributed by atoms with van der Waals surface area (Å²) in [6.45, 7) is 3.82. The van der Waals surface area contributed by atoms with E-state index in [0.29, 0.717) is 11.5 Å². The fourth-order valence-electron chi connectivity index (χ4n) is 1.56. The summed E-state index contributed by atoms with van der Waals surface area (Å²) in [4.78, 5) is 0. The average Bonchev–Trinajstić information content (AvgIpc) is 2.28. The molecule has 0 atom stereocenters. The lowest BCUT2D eigenvalue weighted by Gasteiger charge is -2.35. The lowest BCUT2D eigenvalue weighted by molar-refractivity contribution is -0.195. The summed E-state index contributed by atoms with van der Waals surface area (Å²) in [5.74, 6) is -0.0845. The van der Waals surface area contributed by atoms with Crippen LogP contribution in [0.1, 0.15) is 0 Å². The average molecular weight is 212 g/mol. The summed E-state index contributed by atoms with van der Waals surface area (Å²) in [7, 11) is 6.14. The van der Waals surface area contributed by atoms with Crippen molar-refractivity contribution in [3.8, 4) is 0 Å². The smallest absolute Gasteiger partial charge is 0.287 e. The fraction of sp³-hybridized carbons (Fsp3) is 0.455. The van der Waals surface area contributed by atoms with Gasteiger partial charge in [-0.1, -0.05) is 6.58 Å². The van der Waals surface area contributed by atoms with Crippen LogP contribution in [0.2, 0.25) is 0 Å². The SMILES string of the molecule is C=C1C=C(OC)C(OC)(OC)C(OC)=C1. The summed E-state index contributed by atoms with van der Waals surface area (Å²) in [6, 6.07) is 0. The van der Waals surface area contributed by atoms with Crippen LogP contribution in [0.4, 0.5) is 0 Å². The van der Waals surface area contributed by atoms with Gasteiger partial charge in [0.25, 0.3) is 5.79 Å². The Balaban J connectivity index is 3.22. The molecule has 0 radical (unpaired) electrons. The number of ether oxygens (including phenoxy) is 4. The molecule has 15 heavy (non-hydrogen) atoms. The van der Waals surface area contributed by atoms with E-state index < -0.39 is 5.79 Å². The van der Waals surface area contributed by atoms with E-state index in [1.54, 1.807) is 26.4 Å². The first-order valence-corrected chi connectivity index (χ1v) is 4.46. The third-order valence-electron chi connectivity index (χ3n) is 2.30. The minimum atomic E-state index is -1.11. The first-order valence-electron chi connectivity index (χ1n) is 4.46. The minimum absolute atomic E-state index is 0.511. The Morgan fingerprint density at radius 3 is 1.60 bits per heavy atom. The van der Waals surface area contributed by atoms with Crippen molar-refractivity contribution in [3.63, 3.8) is 0 Å². The Labute approximate surface area is 89.8 Å². The van der Waals surface area contributed by atoms with Crippen molar-refractivity contribution >= 4 is 0 Å². The van der Waals surface area contributed by atoms with Gasteiger partial charge in [-0.2, -0.15) is 0 Å². The molecule has 0 unspecified atom stereocenters. The van der Waals surface area contributed by atoms with E-state index >= 15 is 0 Å². The standard InChI is InChI=1S/C11H16O4/c1-8-6-9(12-2)11(14-4,15-5)10(7-8)13-3/h6-7H,1H2,2-5H3. The Hall–Kier alpha value is -1.26. The lowest BCUT2D eigenvalue weighted by Crippen LogP contribution is -2.41. The number of allylic oxidation sites excluding steroid dienone is 3. The monoisotopic (exact) mass is 212 g/mol. The van der Waals surface area contributed by atoms with Gasteiger partial charge in [-0.15, -0.1) is 0 Å². The number of methoxy groups -OCH3 is 4. The highest BCUT2D eigenvalue weighted by molar-refractivity contribution is 5.42. The highest BCUT2D eigenvalue weighted by Gasteiger charge is 2.44. The van der Waals surface area contributed by atoms with Crippen molar-refractivity contribution in [2.45, 2.75) is 5.79 Å². The summed E-state index contributed by atoms with van der Waals surface area (Å²) >= 11 is 0. The Bertz CT molecular complexity index is 285. The van der Waals surface area contributed by atoms with Crippen LogP contribution in [0.5, 0.6) is 0 Å². The molecule has 4 heteroatoms. The Morgan fingerprint density at radius 1 is 0.933 bits per heavy atom. The molecular formula is C11H16O4. The second kappa shape index (κ2) is 4.51. The molecule has 84 valence electrons. The fourth-order valence-corrected chi connectivity index (χ4v) is 1.56. The van der Waals surface area contributed by atoms with Crippen molar-refractivity contribution in [1.29, 1.82) is 0 Å². The number of hydrogen-bond donors (Lipinski definition) is 0. The zero-order valence-electron chi connectivity index (χ0n) is 9.49. The first kappa shape index (κ1) is 11.8. The molecule has 1 aliphatic rings. The first-order chi connectivity index (χ1) is 7.14. The summed E-state index contributed by atoms with van der Waals surface area (Å²) < 4.78 is 21.1. The van der Waals surface area contributed by atoms with Gasteiger partial charge in [0, 0.05) is 14.2 Å². The van der Waals surface area contributed by atoms with E-state index in [1.807, 2.05) is 0 Å². The maximum Gasteiger partial charge on any atom is 0.287 e. The summed E-state index contributed by atoms with van der Waals surface area (Å²) in [5, 5.41) is 0. The van der Waals surface area contributed by atoms with Crippen LogP contribution in [0.3, 0.4) is 0 Å². The third-order valence-corrected chi connectivity index (χ3v) is 2.30. The van der Waals surface area contributed by atoms with E-state index in [4.69, 9.17) is 18.9 Å². The van der Waals surface area contributed by atoms with Gasteiger partial charge in [-0.25, -0.2) is 0 Å². The van der Waals surface area contributed by atoms with E-state index in [9.17, 15) is 0 Å². The highest BCUT2D eigenvalue weighted by atomic mass is 16.7. The molecule has 0 heterocycles. The van der Waals surface area contributed by atoms with E-state index in [1.165, 1.54) is 14.2 Å². The van der Waals surface area contributed by atoms with Gasteiger partial charge in [-0.3, -0.25) is 0 Å². The molecule has 0 aromatic heterocycles. The summed E-state index contributed by atoms with van der Waals surface area (Å²) in [5.41, 5.74) is 0.772. The van der Waals surface area contributed by atoms with E-state index in [-0.39, 0.29) is 0 Å². The maximum atomic E-state index is 5.33. The van der Waals surface area contributed by atoms with Crippen LogP contribution in [-0.4, -0.2) is 34.2 Å². The minimum Gasteiger partial charge on any atom is -0.495 e. The number of rotatable bonds is 4. The van der Waals surface area contributed by atoms with Crippen LogP contribution in [0.15, 0.2) is 35.8 Å². The van der Waals surface area contributed by atoms with Crippen molar-refractivity contribution in [3.05, 3.63) is 35.8 Å². The molecule has 0 aromatic carbocycles. The maximum absolute atomic E-state index is 5.33. The second-order valence-corrected chi connectivity index (χ2v) is 3.03. The Kier molecular flexibility index (Phi) is 3.55. The highest BCUT2D eigenvalue weighted by Crippen LogP contribution is 2.36. The molecule has 0 aliphatic heterocycles. The zero-order valence-corrected chi connectivity index (χ0v) is 9.49. The summed E-state index contributed by atoms with van der Waals surface area (Å²) in [6.07, 6.45) is 3.49. The van der Waals surface area contributed by atoms with Crippen molar-refractivity contribution in [2.75, 3.05) is 28.4 Å². The van der Waals surface area contributed by atoms with Gasteiger partial charge in [-0.05, 0) is 17.7 Å². The lowest BCUT2D eigenvalue weighted by atomic mass is 10.0. The third kappa shape index (κ3) is 1.78. The molecule has 1 aliphatic carbocycles. The van der Waals surface area contributed by atoms with E-state index in [2.05, 4.69) is 6.58 Å². The Morgan fingerprint density at radius 2 is 1.33 bits per heavy atom. The normalized spacial score (nSPS) is 19.3. The molecular weight excluding hydrogens is 196 g/mol. The molecule has 0 spiro atoms. The molecule has 0 N–H and O–H groups in total. The zero-order chi connectivity index (χ0) is 11.5. The number of hydrogen-bond acceptors (Lipinski definition) is 4. The van der Waals surface area contributed by atoms with E-state index in [0.717, 1.165) is 5.57 Å². The largest absolute Gasteiger partial charge is 0.495 e. The topological polar surface area (TPSA) is 36.9 Å². The van der Waals surface area contributed by atoms with Gasteiger partial charge in [0.2, 0.25) is 0 Å².